The standard InChI is InChI=1S/C14H13N3O2.2C2H6/c1-7-3-9-12-10(15)4-8(14(18)19-2)5-11(12)17-13(9)16-6-7;2*1-2/h3-6H,15H2,1-2H3,(H,16,17);2*1-2H3. The summed E-state index contributed by atoms with van der Waals surface area (Å²) in [6, 6.07) is 5.38. The number of H-pyrrole nitrogens is 1. The summed E-state index contributed by atoms with van der Waals surface area (Å²) >= 11 is 0. The van der Waals surface area contributed by atoms with E-state index in [0.717, 1.165) is 27.5 Å². The largest absolute Gasteiger partial charge is 0.465 e. The highest BCUT2D eigenvalue weighted by atomic mass is 16.5. The molecular weight excluding hydrogens is 290 g/mol. The molecular formula is C18H25N3O2. The lowest BCUT2D eigenvalue weighted by atomic mass is 10.1. The second-order valence-electron chi connectivity index (χ2n) is 4.51. The van der Waals surface area contributed by atoms with Gasteiger partial charge in [0.05, 0.1) is 18.2 Å². The third-order valence-corrected chi connectivity index (χ3v) is 3.14. The molecule has 0 saturated heterocycles. The molecule has 0 unspecified atom stereocenters. The molecule has 0 aliphatic rings. The van der Waals surface area contributed by atoms with Gasteiger partial charge in [0.15, 0.2) is 0 Å². The number of nitrogen functional groups attached to an aromatic ring is 1. The molecule has 2 heterocycles. The molecule has 23 heavy (non-hydrogen) atoms. The number of nitrogens with one attached hydrogen (secondary N) is 1. The molecule has 3 N–H and O–H groups in total. The van der Waals surface area contributed by atoms with Crippen molar-refractivity contribution in [2.45, 2.75) is 34.6 Å². The molecule has 2 aromatic heterocycles. The highest BCUT2D eigenvalue weighted by Crippen LogP contribution is 2.30. The Morgan fingerprint density at radius 1 is 1.17 bits per heavy atom. The van der Waals surface area contributed by atoms with E-state index in [4.69, 9.17) is 10.5 Å². The second kappa shape index (κ2) is 8.17. The van der Waals surface area contributed by atoms with Crippen LogP contribution in [0.1, 0.15) is 43.6 Å². The molecule has 5 nitrogen and oxygen atoms in total. The Morgan fingerprint density at radius 3 is 2.43 bits per heavy atom. The van der Waals surface area contributed by atoms with Crippen LogP contribution in [0, 0.1) is 6.92 Å². The summed E-state index contributed by atoms with van der Waals surface area (Å²) in [5.74, 6) is -0.406. The quantitative estimate of drug-likeness (QED) is 0.513. The number of fused-ring (bicyclic) bond motifs is 3. The van der Waals surface area contributed by atoms with Crippen LogP contribution in [0.2, 0.25) is 0 Å². The third-order valence-electron chi connectivity index (χ3n) is 3.14. The SMILES string of the molecule is CC.CC.COC(=O)c1cc(N)c2c(c1)[nH]c1ncc(C)cc12. The van der Waals surface area contributed by atoms with Gasteiger partial charge in [-0.05, 0) is 30.7 Å². The fourth-order valence-corrected chi connectivity index (χ4v) is 2.29. The van der Waals surface area contributed by atoms with Gasteiger partial charge in [0.1, 0.15) is 5.65 Å². The monoisotopic (exact) mass is 315 g/mol. The number of methoxy groups -OCH3 is 1. The fourth-order valence-electron chi connectivity index (χ4n) is 2.29. The maximum atomic E-state index is 11.6. The van der Waals surface area contributed by atoms with Crippen LogP contribution in [0.15, 0.2) is 24.4 Å². The van der Waals surface area contributed by atoms with Gasteiger partial charge < -0.3 is 15.5 Å². The predicted molar refractivity (Wildman–Crippen MR) is 96.8 cm³/mol. The average molecular weight is 315 g/mol. The van der Waals surface area contributed by atoms with Crippen molar-refractivity contribution >= 4 is 33.6 Å². The number of carbonyl (C=O) groups is 1. The minimum absolute atomic E-state index is 0.406. The Balaban J connectivity index is 0.000000615. The third kappa shape index (κ3) is 3.62. The Morgan fingerprint density at radius 2 is 1.83 bits per heavy atom. The number of esters is 1. The molecule has 1 aromatic carbocycles. The van der Waals surface area contributed by atoms with Gasteiger partial charge in [-0.15, -0.1) is 0 Å². The first kappa shape index (κ1) is 18.5. The number of aryl methyl sites for hydroxylation is 1. The van der Waals surface area contributed by atoms with Gasteiger partial charge in [-0.25, -0.2) is 9.78 Å². The van der Waals surface area contributed by atoms with Crippen LogP contribution in [0.5, 0.6) is 0 Å². The van der Waals surface area contributed by atoms with E-state index in [9.17, 15) is 4.79 Å². The van der Waals surface area contributed by atoms with Gasteiger partial charge in [0.25, 0.3) is 0 Å². The van der Waals surface area contributed by atoms with Crippen LogP contribution in [-0.4, -0.2) is 23.0 Å². The van der Waals surface area contributed by atoms with Crippen LogP contribution in [-0.2, 0) is 4.74 Å². The number of ether oxygens (including phenoxy) is 1. The van der Waals surface area contributed by atoms with Crippen LogP contribution in [0.3, 0.4) is 0 Å². The number of pyridine rings is 1. The molecule has 0 radical (unpaired) electrons. The molecule has 0 fully saturated rings. The summed E-state index contributed by atoms with van der Waals surface area (Å²) in [4.78, 5) is 19.1. The topological polar surface area (TPSA) is 81.0 Å². The highest BCUT2D eigenvalue weighted by Gasteiger charge is 2.13. The Bertz CT molecular complexity index is 807. The molecule has 124 valence electrons. The number of aromatic nitrogens is 2. The Labute approximate surface area is 136 Å². The molecule has 0 saturated carbocycles. The lowest BCUT2D eigenvalue weighted by molar-refractivity contribution is 0.0601. The number of rotatable bonds is 1. The second-order valence-corrected chi connectivity index (χ2v) is 4.51. The molecule has 0 aliphatic heterocycles. The van der Waals surface area contributed by atoms with Crippen molar-refractivity contribution in [1.29, 1.82) is 0 Å². The zero-order valence-corrected chi connectivity index (χ0v) is 14.7. The number of nitrogens with two attached hydrogens (primary N) is 1. The summed E-state index contributed by atoms with van der Waals surface area (Å²) in [6.07, 6.45) is 1.79. The number of aromatic amines is 1. The first-order valence-electron chi connectivity index (χ1n) is 7.86. The van der Waals surface area contributed by atoms with Crippen LogP contribution >= 0.6 is 0 Å². The number of carbonyl (C=O) groups excluding carboxylic acids is 1. The number of nitrogens with zero attached hydrogens (tertiary/aromatic N) is 1. The van der Waals surface area contributed by atoms with Gasteiger partial charge in [-0.2, -0.15) is 0 Å². The van der Waals surface area contributed by atoms with Gasteiger partial charge >= 0.3 is 5.97 Å². The fraction of sp³-hybridized carbons (Fsp3) is 0.333. The summed E-state index contributed by atoms with van der Waals surface area (Å²) in [5, 5.41) is 1.85. The molecule has 0 amide bonds. The van der Waals surface area contributed by atoms with Gasteiger partial charge in [-0.3, -0.25) is 0 Å². The highest BCUT2D eigenvalue weighted by molar-refractivity contribution is 6.13. The van der Waals surface area contributed by atoms with Crippen molar-refractivity contribution in [1.82, 2.24) is 9.97 Å². The molecule has 0 aliphatic carbocycles. The van der Waals surface area contributed by atoms with E-state index < -0.39 is 5.97 Å². The minimum Gasteiger partial charge on any atom is -0.465 e. The van der Waals surface area contributed by atoms with Gasteiger partial charge in [-0.1, -0.05) is 27.7 Å². The van der Waals surface area contributed by atoms with E-state index >= 15 is 0 Å². The van der Waals surface area contributed by atoms with Crippen LogP contribution < -0.4 is 5.73 Å². The van der Waals surface area contributed by atoms with Crippen LogP contribution in [0.25, 0.3) is 21.9 Å². The van der Waals surface area contributed by atoms with E-state index in [-0.39, 0.29) is 0 Å². The lowest BCUT2D eigenvalue weighted by Gasteiger charge is -2.02. The van der Waals surface area contributed by atoms with Crippen molar-refractivity contribution in [3.05, 3.63) is 35.5 Å². The van der Waals surface area contributed by atoms with Crippen molar-refractivity contribution in [3.63, 3.8) is 0 Å². The molecule has 0 atom stereocenters. The zero-order valence-electron chi connectivity index (χ0n) is 14.7. The summed E-state index contributed by atoms with van der Waals surface area (Å²) in [7, 11) is 1.35. The normalized spacial score (nSPS) is 9.65. The number of anilines is 1. The van der Waals surface area contributed by atoms with Crippen molar-refractivity contribution in [3.8, 4) is 0 Å². The Hall–Kier alpha value is -2.56. The van der Waals surface area contributed by atoms with Gasteiger partial charge in [0.2, 0.25) is 0 Å². The smallest absolute Gasteiger partial charge is 0.337 e. The molecule has 3 aromatic rings. The maximum absolute atomic E-state index is 11.6. The van der Waals surface area contributed by atoms with Crippen molar-refractivity contribution < 1.29 is 9.53 Å². The summed E-state index contributed by atoms with van der Waals surface area (Å²) < 4.78 is 4.71. The van der Waals surface area contributed by atoms with Crippen molar-refractivity contribution in [2.75, 3.05) is 12.8 Å². The number of benzene rings is 1. The molecule has 3 rings (SSSR count). The Kier molecular flexibility index (Phi) is 6.57. The van der Waals surface area contributed by atoms with Crippen molar-refractivity contribution in [2.24, 2.45) is 0 Å². The van der Waals surface area contributed by atoms with Gasteiger partial charge in [0, 0.05) is 22.7 Å². The zero-order chi connectivity index (χ0) is 17.6. The van der Waals surface area contributed by atoms with E-state index in [0.29, 0.717) is 11.3 Å². The first-order valence-corrected chi connectivity index (χ1v) is 7.86. The number of hydrogen-bond acceptors (Lipinski definition) is 4. The maximum Gasteiger partial charge on any atom is 0.337 e. The van der Waals surface area contributed by atoms with E-state index in [1.54, 1.807) is 18.3 Å². The molecule has 0 bridgehead atoms. The van der Waals surface area contributed by atoms with E-state index in [1.807, 2.05) is 40.7 Å². The van der Waals surface area contributed by atoms with Crippen LogP contribution in [0.4, 0.5) is 5.69 Å². The number of hydrogen-bond donors (Lipinski definition) is 2. The lowest BCUT2D eigenvalue weighted by Crippen LogP contribution is -2.02. The first-order chi connectivity index (χ1) is 11.1. The van der Waals surface area contributed by atoms with E-state index in [2.05, 4.69) is 9.97 Å². The summed E-state index contributed by atoms with van der Waals surface area (Å²) in [6.45, 7) is 9.98. The molecule has 5 heteroatoms. The van der Waals surface area contributed by atoms with E-state index in [1.165, 1.54) is 7.11 Å². The average Bonchev–Trinajstić information content (AvgIpc) is 2.95. The molecule has 0 spiro atoms. The summed E-state index contributed by atoms with van der Waals surface area (Å²) in [5.41, 5.74) is 9.62. The predicted octanol–water partition coefficient (Wildman–Crippen LogP) is 4.45. The minimum atomic E-state index is -0.406.